The van der Waals surface area contributed by atoms with Crippen LogP contribution in [0.15, 0.2) is 77.6 Å². The van der Waals surface area contributed by atoms with Gasteiger partial charge >= 0.3 is 12.4 Å². The average molecular weight is 541 g/mol. The topological polar surface area (TPSA) is 58.6 Å². The van der Waals surface area contributed by atoms with E-state index in [2.05, 4.69) is 5.32 Å². The van der Waals surface area contributed by atoms with E-state index in [-0.39, 0.29) is 29.2 Å². The standard InChI is InChI=1S/C27H26F6N2O3/c1-4-5-6-7-17-8-9-22-24(17)21(25(37)34-22)15-38-23(10-16(2)14-36)35(3)20-12-18(26(28,29)30)11-19(13-20)27(31,32)33/h4-8,10-15,22-24H,9H2,1-3H3,(H,34,37)/b5-4-,7-6-,16-10-,21-15+. The summed E-state index contributed by atoms with van der Waals surface area (Å²) in [6.07, 6.45) is 1.33. The molecule has 2 aliphatic rings. The zero-order valence-corrected chi connectivity index (χ0v) is 20.7. The van der Waals surface area contributed by atoms with E-state index in [1.54, 1.807) is 0 Å². The number of carbonyl (C=O) groups is 2. The van der Waals surface area contributed by atoms with Crippen molar-refractivity contribution in [2.24, 2.45) is 5.92 Å². The van der Waals surface area contributed by atoms with E-state index >= 15 is 0 Å². The maximum absolute atomic E-state index is 13.4. The van der Waals surface area contributed by atoms with Crippen molar-refractivity contribution in [3.05, 3.63) is 88.8 Å². The van der Waals surface area contributed by atoms with Crippen LogP contribution in [0.2, 0.25) is 0 Å². The van der Waals surface area contributed by atoms with Crippen LogP contribution in [0.4, 0.5) is 32.0 Å². The van der Waals surface area contributed by atoms with Gasteiger partial charge in [-0.25, -0.2) is 0 Å². The molecule has 1 aromatic carbocycles. The molecule has 0 aromatic heterocycles. The van der Waals surface area contributed by atoms with Crippen LogP contribution in [0.5, 0.6) is 0 Å². The predicted octanol–water partition coefficient (Wildman–Crippen LogP) is 6.11. The normalized spacial score (nSPS) is 22.1. The molecular weight excluding hydrogens is 514 g/mol. The molecule has 1 aliphatic carbocycles. The number of benzene rings is 1. The second kappa shape index (κ2) is 11.3. The lowest BCUT2D eigenvalue weighted by atomic mass is 9.93. The van der Waals surface area contributed by atoms with Gasteiger partial charge in [0.2, 0.25) is 0 Å². The van der Waals surface area contributed by atoms with Gasteiger partial charge in [-0.1, -0.05) is 30.4 Å². The van der Waals surface area contributed by atoms with Crippen LogP contribution in [0, 0.1) is 5.92 Å². The summed E-state index contributed by atoms with van der Waals surface area (Å²) >= 11 is 0. The number of amides is 1. The molecule has 1 fully saturated rings. The van der Waals surface area contributed by atoms with Gasteiger partial charge in [0.25, 0.3) is 5.91 Å². The number of allylic oxidation sites excluding steroid dienone is 5. The van der Waals surface area contributed by atoms with Crippen LogP contribution in [0.3, 0.4) is 0 Å². The first-order valence-corrected chi connectivity index (χ1v) is 11.6. The third-order valence-electron chi connectivity index (χ3n) is 6.16. The average Bonchev–Trinajstić information content (AvgIpc) is 3.38. The van der Waals surface area contributed by atoms with E-state index in [9.17, 15) is 35.9 Å². The molecule has 3 rings (SSSR count). The maximum Gasteiger partial charge on any atom is 0.416 e. The van der Waals surface area contributed by atoms with Gasteiger partial charge in [0.15, 0.2) is 6.23 Å². The molecule has 1 N–H and O–H groups in total. The molecule has 38 heavy (non-hydrogen) atoms. The maximum atomic E-state index is 13.4. The fourth-order valence-corrected chi connectivity index (χ4v) is 4.20. The summed E-state index contributed by atoms with van der Waals surface area (Å²) in [5.41, 5.74) is -2.20. The number of anilines is 1. The van der Waals surface area contributed by atoms with Crippen molar-refractivity contribution in [2.75, 3.05) is 11.9 Å². The third-order valence-corrected chi connectivity index (χ3v) is 6.16. The molecule has 1 amide bonds. The van der Waals surface area contributed by atoms with Crippen molar-refractivity contribution in [3.63, 3.8) is 0 Å². The predicted molar refractivity (Wildman–Crippen MR) is 130 cm³/mol. The van der Waals surface area contributed by atoms with Crippen molar-refractivity contribution in [1.82, 2.24) is 5.32 Å². The molecule has 0 spiro atoms. The smallest absolute Gasteiger partial charge is 0.416 e. The van der Waals surface area contributed by atoms with Crippen LogP contribution < -0.4 is 10.2 Å². The number of nitrogens with zero attached hydrogens (tertiary/aromatic N) is 1. The number of ether oxygens (including phenoxy) is 1. The zero-order valence-electron chi connectivity index (χ0n) is 20.7. The summed E-state index contributed by atoms with van der Waals surface area (Å²) in [7, 11) is 1.23. The zero-order chi connectivity index (χ0) is 28.3. The molecule has 1 saturated heterocycles. The van der Waals surface area contributed by atoms with E-state index in [4.69, 9.17) is 4.74 Å². The van der Waals surface area contributed by atoms with E-state index in [0.717, 1.165) is 16.7 Å². The number of alkyl halides is 6. The Labute approximate surface area is 215 Å². The number of nitrogens with one attached hydrogen (secondary N) is 1. The summed E-state index contributed by atoms with van der Waals surface area (Å²) < 4.78 is 86.1. The molecule has 5 nitrogen and oxygen atoms in total. The van der Waals surface area contributed by atoms with Gasteiger partial charge in [0.05, 0.1) is 23.0 Å². The van der Waals surface area contributed by atoms with Crippen molar-refractivity contribution in [1.29, 1.82) is 0 Å². The SMILES string of the molecule is C/C=C\C=C/C1=CCC2NC(=O)/C(=C/OC(/C=C(/C)C=O)N(C)c3cc(C(F)(F)F)cc(C(F)(F)F)c3)C12. The number of aldehydes is 1. The van der Waals surface area contributed by atoms with Crippen LogP contribution in [0.25, 0.3) is 0 Å². The molecule has 204 valence electrons. The molecule has 1 aromatic rings. The second-order valence-electron chi connectivity index (χ2n) is 8.89. The van der Waals surface area contributed by atoms with Gasteiger partial charge in [-0.2, -0.15) is 26.3 Å². The Balaban J connectivity index is 2.00. The molecule has 0 radical (unpaired) electrons. The minimum absolute atomic E-state index is 0.0277. The summed E-state index contributed by atoms with van der Waals surface area (Å²) in [6.45, 7) is 3.25. The van der Waals surface area contributed by atoms with E-state index in [1.807, 2.05) is 37.3 Å². The highest BCUT2D eigenvalue weighted by Gasteiger charge is 2.42. The van der Waals surface area contributed by atoms with Crippen molar-refractivity contribution in [3.8, 4) is 0 Å². The van der Waals surface area contributed by atoms with Gasteiger partial charge in [-0.05, 0) is 55.7 Å². The largest absolute Gasteiger partial charge is 0.474 e. The van der Waals surface area contributed by atoms with Crippen LogP contribution in [-0.4, -0.2) is 31.5 Å². The second-order valence-corrected chi connectivity index (χ2v) is 8.89. The third kappa shape index (κ3) is 6.56. The highest BCUT2D eigenvalue weighted by Crippen LogP contribution is 2.40. The number of fused-ring (bicyclic) bond motifs is 1. The number of rotatable bonds is 8. The van der Waals surface area contributed by atoms with E-state index in [0.29, 0.717) is 24.8 Å². The molecule has 0 bridgehead atoms. The first kappa shape index (κ1) is 28.8. The van der Waals surface area contributed by atoms with Gasteiger partial charge in [0, 0.05) is 24.7 Å². The monoisotopic (exact) mass is 540 g/mol. The Bertz CT molecular complexity index is 1190. The quantitative estimate of drug-likeness (QED) is 0.108. The Morgan fingerprint density at radius 1 is 1.11 bits per heavy atom. The number of hydrogen-bond acceptors (Lipinski definition) is 4. The van der Waals surface area contributed by atoms with Crippen LogP contribution >= 0.6 is 0 Å². The van der Waals surface area contributed by atoms with E-state index in [1.165, 1.54) is 20.0 Å². The number of hydrogen-bond donors (Lipinski definition) is 1. The number of carbonyl (C=O) groups excluding carboxylic acids is 2. The minimum Gasteiger partial charge on any atom is -0.474 e. The first-order chi connectivity index (χ1) is 17.8. The summed E-state index contributed by atoms with van der Waals surface area (Å²) in [5.74, 6) is -0.752. The molecule has 1 heterocycles. The molecular formula is C27H26F6N2O3. The van der Waals surface area contributed by atoms with Crippen LogP contribution in [-0.2, 0) is 26.7 Å². The highest BCUT2D eigenvalue weighted by molar-refractivity contribution is 5.98. The van der Waals surface area contributed by atoms with Gasteiger partial charge in [0.1, 0.15) is 6.29 Å². The highest BCUT2D eigenvalue weighted by atomic mass is 19.4. The fourth-order valence-electron chi connectivity index (χ4n) is 4.20. The van der Waals surface area contributed by atoms with Crippen molar-refractivity contribution >= 4 is 17.9 Å². The van der Waals surface area contributed by atoms with Crippen LogP contribution in [0.1, 0.15) is 31.4 Å². The van der Waals surface area contributed by atoms with Gasteiger partial charge in [-0.15, -0.1) is 0 Å². The lowest BCUT2D eigenvalue weighted by Crippen LogP contribution is -2.32. The molecule has 3 unspecified atom stereocenters. The number of likely N-dealkylation sites (N-methyl/N-ethyl adjacent to an activating group) is 1. The van der Waals surface area contributed by atoms with Gasteiger partial charge < -0.3 is 15.0 Å². The first-order valence-electron chi connectivity index (χ1n) is 11.6. The minimum atomic E-state index is -5.04. The fraction of sp³-hybridized carbons (Fsp3) is 0.333. The van der Waals surface area contributed by atoms with Gasteiger partial charge in [-0.3, -0.25) is 9.59 Å². The van der Waals surface area contributed by atoms with Crippen molar-refractivity contribution in [2.45, 2.75) is 44.9 Å². The summed E-state index contributed by atoms with van der Waals surface area (Å²) in [4.78, 5) is 24.9. The Kier molecular flexibility index (Phi) is 8.58. The molecule has 11 heteroatoms. The summed E-state index contributed by atoms with van der Waals surface area (Å²) in [6, 6.07) is 0.944. The lowest BCUT2D eigenvalue weighted by molar-refractivity contribution is -0.143. The molecule has 1 aliphatic heterocycles. The molecule has 3 atom stereocenters. The Morgan fingerprint density at radius 2 is 1.74 bits per heavy atom. The van der Waals surface area contributed by atoms with E-state index < -0.39 is 41.3 Å². The Morgan fingerprint density at radius 3 is 2.29 bits per heavy atom. The molecule has 0 saturated carbocycles. The lowest BCUT2D eigenvalue weighted by Gasteiger charge is -2.29. The summed E-state index contributed by atoms with van der Waals surface area (Å²) in [5, 5.41) is 2.84. The number of halogens is 6. The Hall–Kier alpha value is -3.76. The van der Waals surface area contributed by atoms with Crippen molar-refractivity contribution < 1.29 is 40.7 Å².